The summed E-state index contributed by atoms with van der Waals surface area (Å²) in [5.41, 5.74) is 1.01. The van der Waals surface area contributed by atoms with Crippen molar-refractivity contribution in [1.29, 1.82) is 0 Å². The Balaban J connectivity index is 2.84. The number of benzene rings is 1. The molecule has 0 fully saturated rings. The van der Waals surface area contributed by atoms with Gasteiger partial charge in [-0.1, -0.05) is 25.1 Å². The number of ether oxygens (including phenoxy) is 1. The van der Waals surface area contributed by atoms with Gasteiger partial charge < -0.3 is 10.1 Å². The van der Waals surface area contributed by atoms with Crippen molar-refractivity contribution in [3.63, 3.8) is 0 Å². The predicted molar refractivity (Wildman–Crippen MR) is 77.5 cm³/mol. The minimum Gasteiger partial charge on any atom is -0.494 e. The predicted octanol–water partition coefficient (Wildman–Crippen LogP) is 2.93. The van der Waals surface area contributed by atoms with Crippen molar-refractivity contribution in [2.24, 2.45) is 0 Å². The maximum Gasteiger partial charge on any atom is 0.251 e. The van der Waals surface area contributed by atoms with E-state index in [0.29, 0.717) is 13.2 Å². The maximum atomic E-state index is 12.4. The molecule has 0 aliphatic carbocycles. The molecule has 0 saturated heterocycles. The Labute approximate surface area is 119 Å². The van der Waals surface area contributed by atoms with Crippen LogP contribution < -0.4 is 10.1 Å². The molecule has 0 saturated carbocycles. The summed E-state index contributed by atoms with van der Waals surface area (Å²) in [5.74, 6) is 0.811. The average molecular weight is 286 g/mol. The summed E-state index contributed by atoms with van der Waals surface area (Å²) in [6.07, 6.45) is -2.32. The van der Waals surface area contributed by atoms with Gasteiger partial charge in [0.25, 0.3) is 6.43 Å². The van der Waals surface area contributed by atoms with Crippen LogP contribution in [0.3, 0.4) is 0 Å². The first kappa shape index (κ1) is 16.9. The zero-order chi connectivity index (χ0) is 15.0. The average Bonchev–Trinajstić information content (AvgIpc) is 2.38. The second-order valence-electron chi connectivity index (χ2n) is 4.69. The Morgan fingerprint density at radius 1 is 1.20 bits per heavy atom. The van der Waals surface area contributed by atoms with E-state index in [2.05, 4.69) is 5.32 Å². The van der Waals surface area contributed by atoms with Gasteiger partial charge in [0.1, 0.15) is 5.75 Å². The quantitative estimate of drug-likeness (QED) is 0.755. The molecule has 1 rings (SSSR count). The lowest BCUT2D eigenvalue weighted by atomic mass is 10.0. The van der Waals surface area contributed by atoms with Crippen LogP contribution in [0, 0.1) is 0 Å². The van der Waals surface area contributed by atoms with Gasteiger partial charge in [0, 0.05) is 18.2 Å². The molecule has 0 heterocycles. The van der Waals surface area contributed by atoms with Crippen LogP contribution in [0.2, 0.25) is 0 Å². The van der Waals surface area contributed by atoms with Crippen LogP contribution >= 0.6 is 0 Å². The molecule has 1 N–H and O–H groups in total. The topological polar surface area (TPSA) is 24.5 Å². The van der Waals surface area contributed by atoms with Crippen molar-refractivity contribution < 1.29 is 13.5 Å². The Bertz CT molecular complexity index is 388. The Morgan fingerprint density at radius 3 is 2.50 bits per heavy atom. The fourth-order valence-electron chi connectivity index (χ4n) is 2.20. The molecule has 0 bridgehead atoms. The van der Waals surface area contributed by atoms with E-state index < -0.39 is 6.43 Å². The summed E-state index contributed by atoms with van der Waals surface area (Å²) in [6.45, 7) is 5.59. The zero-order valence-electron chi connectivity index (χ0n) is 12.4. The molecular weight excluding hydrogens is 262 g/mol. The summed E-state index contributed by atoms with van der Waals surface area (Å²) in [4.78, 5) is 1.64. The van der Waals surface area contributed by atoms with Gasteiger partial charge >= 0.3 is 0 Å². The monoisotopic (exact) mass is 286 g/mol. The SMILES string of the molecule is CCNC(CN(C)CC(F)F)c1ccccc1OCC. The zero-order valence-corrected chi connectivity index (χ0v) is 12.4. The third-order valence-corrected chi connectivity index (χ3v) is 2.99. The van der Waals surface area contributed by atoms with E-state index in [0.717, 1.165) is 17.9 Å². The van der Waals surface area contributed by atoms with Gasteiger partial charge in [0.15, 0.2) is 0 Å². The van der Waals surface area contributed by atoms with E-state index in [1.54, 1.807) is 11.9 Å². The number of rotatable bonds is 9. The molecule has 114 valence electrons. The number of hydrogen-bond donors (Lipinski definition) is 1. The summed E-state index contributed by atoms with van der Waals surface area (Å²) in [5, 5.41) is 3.34. The van der Waals surface area contributed by atoms with Gasteiger partial charge in [-0.3, -0.25) is 4.90 Å². The summed E-state index contributed by atoms with van der Waals surface area (Å²) in [7, 11) is 1.71. The smallest absolute Gasteiger partial charge is 0.251 e. The fraction of sp³-hybridized carbons (Fsp3) is 0.600. The number of nitrogens with zero attached hydrogens (tertiary/aromatic N) is 1. The molecule has 0 aliphatic heterocycles. The summed E-state index contributed by atoms with van der Waals surface area (Å²) >= 11 is 0. The number of nitrogens with one attached hydrogen (secondary N) is 1. The van der Waals surface area contributed by atoms with Crippen LogP contribution in [0.1, 0.15) is 25.5 Å². The third kappa shape index (κ3) is 5.43. The van der Waals surface area contributed by atoms with Gasteiger partial charge in [0.05, 0.1) is 13.2 Å². The van der Waals surface area contributed by atoms with Crippen LogP contribution in [0.15, 0.2) is 24.3 Å². The Hall–Kier alpha value is -1.20. The van der Waals surface area contributed by atoms with Crippen molar-refractivity contribution in [3.05, 3.63) is 29.8 Å². The highest BCUT2D eigenvalue weighted by molar-refractivity contribution is 5.36. The van der Waals surface area contributed by atoms with Crippen LogP contribution in [0.4, 0.5) is 8.78 Å². The Morgan fingerprint density at radius 2 is 1.90 bits per heavy atom. The molecule has 0 spiro atoms. The first-order chi connectivity index (χ1) is 9.58. The second-order valence-corrected chi connectivity index (χ2v) is 4.69. The Kier molecular flexibility index (Phi) is 7.47. The standard InChI is InChI=1S/C15H24F2N2O/c1-4-18-13(10-19(3)11-15(16)17)12-8-6-7-9-14(12)20-5-2/h6-9,13,15,18H,4-5,10-11H2,1-3H3. The van der Waals surface area contributed by atoms with Crippen molar-refractivity contribution >= 4 is 0 Å². The van der Waals surface area contributed by atoms with Crippen LogP contribution in [-0.4, -0.2) is 44.6 Å². The van der Waals surface area contributed by atoms with Gasteiger partial charge in [-0.15, -0.1) is 0 Å². The lowest BCUT2D eigenvalue weighted by molar-refractivity contribution is 0.0958. The lowest BCUT2D eigenvalue weighted by Gasteiger charge is -2.26. The molecule has 0 aliphatic rings. The highest BCUT2D eigenvalue weighted by atomic mass is 19.3. The van der Waals surface area contributed by atoms with E-state index in [-0.39, 0.29) is 12.6 Å². The van der Waals surface area contributed by atoms with Gasteiger partial charge in [-0.05, 0) is 26.6 Å². The molecule has 1 unspecified atom stereocenters. The fourth-order valence-corrected chi connectivity index (χ4v) is 2.20. The maximum absolute atomic E-state index is 12.4. The second kappa shape index (κ2) is 8.87. The number of para-hydroxylation sites is 1. The summed E-state index contributed by atoms with van der Waals surface area (Å²) < 4.78 is 30.5. The van der Waals surface area contributed by atoms with Crippen molar-refractivity contribution in [2.45, 2.75) is 26.3 Å². The van der Waals surface area contributed by atoms with Crippen LogP contribution in [-0.2, 0) is 0 Å². The van der Waals surface area contributed by atoms with Crippen LogP contribution in [0.25, 0.3) is 0 Å². The van der Waals surface area contributed by atoms with E-state index in [1.807, 2.05) is 38.1 Å². The van der Waals surface area contributed by atoms with Crippen molar-refractivity contribution in [3.8, 4) is 5.75 Å². The lowest BCUT2D eigenvalue weighted by Crippen LogP contribution is -2.35. The molecule has 5 heteroatoms. The number of hydrogen-bond acceptors (Lipinski definition) is 3. The van der Waals surface area contributed by atoms with Crippen molar-refractivity contribution in [1.82, 2.24) is 10.2 Å². The van der Waals surface area contributed by atoms with Gasteiger partial charge in [-0.2, -0.15) is 0 Å². The summed E-state index contributed by atoms with van der Waals surface area (Å²) in [6, 6.07) is 7.73. The van der Waals surface area contributed by atoms with Crippen LogP contribution in [0.5, 0.6) is 5.75 Å². The van der Waals surface area contributed by atoms with E-state index in [9.17, 15) is 8.78 Å². The molecule has 3 nitrogen and oxygen atoms in total. The normalized spacial score (nSPS) is 12.9. The minimum atomic E-state index is -2.32. The van der Waals surface area contributed by atoms with Gasteiger partial charge in [-0.25, -0.2) is 8.78 Å². The molecular formula is C15H24F2N2O. The number of halogens is 2. The molecule has 1 aromatic rings. The van der Waals surface area contributed by atoms with Gasteiger partial charge in [0.2, 0.25) is 0 Å². The van der Waals surface area contributed by atoms with E-state index in [4.69, 9.17) is 4.74 Å². The molecule has 1 atom stereocenters. The van der Waals surface area contributed by atoms with E-state index in [1.165, 1.54) is 0 Å². The molecule has 0 radical (unpaired) electrons. The highest BCUT2D eigenvalue weighted by Gasteiger charge is 2.18. The first-order valence-corrected chi connectivity index (χ1v) is 7.00. The molecule has 0 aromatic heterocycles. The minimum absolute atomic E-state index is 0.0218. The van der Waals surface area contributed by atoms with E-state index >= 15 is 0 Å². The number of likely N-dealkylation sites (N-methyl/N-ethyl adjacent to an activating group) is 2. The largest absolute Gasteiger partial charge is 0.494 e. The van der Waals surface area contributed by atoms with Crippen molar-refractivity contribution in [2.75, 3.05) is 33.3 Å². The molecule has 20 heavy (non-hydrogen) atoms. The molecule has 0 amide bonds. The molecule has 1 aromatic carbocycles. The highest BCUT2D eigenvalue weighted by Crippen LogP contribution is 2.25. The number of alkyl halides is 2. The third-order valence-electron chi connectivity index (χ3n) is 2.99. The first-order valence-electron chi connectivity index (χ1n) is 7.00.